The molecule has 0 aliphatic heterocycles. The van der Waals surface area contributed by atoms with Crippen molar-refractivity contribution in [2.24, 2.45) is 0 Å². The summed E-state index contributed by atoms with van der Waals surface area (Å²) in [6.07, 6.45) is 4.72. The van der Waals surface area contributed by atoms with Crippen molar-refractivity contribution in [3.63, 3.8) is 0 Å². The van der Waals surface area contributed by atoms with Crippen molar-refractivity contribution in [1.29, 1.82) is 0 Å². The standard InChI is InChI=1S/C37H27FN4/c1-21-8-7-11-27-29(19-39-36(21)27)34-17-23(25-9-3-5-12-32(25)41-34)16-24-18-35(42-33-13-6-4-10-26(24)33)30-20-40-37-22(2)31(38)15-14-28(30)37/h3-15,17-20,39-40H,16H2,1-2H3. The molecular formula is C37H27FN4. The fourth-order valence-electron chi connectivity index (χ4n) is 6.32. The Labute approximate surface area is 241 Å². The largest absolute Gasteiger partial charge is 0.360 e. The lowest BCUT2D eigenvalue weighted by molar-refractivity contribution is 0.620. The number of rotatable bonds is 4. The minimum absolute atomic E-state index is 0.214. The summed E-state index contributed by atoms with van der Waals surface area (Å²) in [4.78, 5) is 16.9. The molecule has 0 amide bonds. The van der Waals surface area contributed by atoms with Crippen LogP contribution in [-0.4, -0.2) is 19.9 Å². The van der Waals surface area contributed by atoms with Gasteiger partial charge < -0.3 is 9.97 Å². The van der Waals surface area contributed by atoms with Crippen molar-refractivity contribution in [2.45, 2.75) is 20.3 Å². The summed E-state index contributed by atoms with van der Waals surface area (Å²) in [5.74, 6) is -0.214. The van der Waals surface area contributed by atoms with E-state index in [0.717, 1.165) is 60.7 Å². The summed E-state index contributed by atoms with van der Waals surface area (Å²) in [7, 11) is 0. The molecule has 0 radical (unpaired) electrons. The molecule has 202 valence electrons. The van der Waals surface area contributed by atoms with Gasteiger partial charge in [0.15, 0.2) is 0 Å². The van der Waals surface area contributed by atoms with E-state index < -0.39 is 0 Å². The second-order valence-corrected chi connectivity index (χ2v) is 11.0. The molecule has 0 atom stereocenters. The van der Waals surface area contributed by atoms with Crippen LogP contribution in [0.5, 0.6) is 0 Å². The summed E-state index contributed by atoms with van der Waals surface area (Å²) < 4.78 is 14.3. The molecule has 42 heavy (non-hydrogen) atoms. The van der Waals surface area contributed by atoms with Gasteiger partial charge in [-0.2, -0.15) is 0 Å². The van der Waals surface area contributed by atoms with E-state index in [2.05, 4.69) is 89.8 Å². The predicted molar refractivity (Wildman–Crippen MR) is 170 cm³/mol. The molecule has 4 aromatic heterocycles. The number of aromatic amines is 2. The fourth-order valence-corrected chi connectivity index (χ4v) is 6.32. The maximum absolute atomic E-state index is 14.3. The smallest absolute Gasteiger partial charge is 0.128 e. The third kappa shape index (κ3) is 3.81. The molecule has 4 heterocycles. The number of halogens is 1. The number of aryl methyl sites for hydroxylation is 2. The number of fused-ring (bicyclic) bond motifs is 4. The van der Waals surface area contributed by atoms with E-state index >= 15 is 0 Å². The summed E-state index contributed by atoms with van der Waals surface area (Å²) in [5, 5.41) is 4.40. The first-order valence-corrected chi connectivity index (χ1v) is 14.2. The topological polar surface area (TPSA) is 57.4 Å². The third-order valence-electron chi connectivity index (χ3n) is 8.51. The summed E-state index contributed by atoms with van der Waals surface area (Å²) >= 11 is 0. The van der Waals surface area contributed by atoms with Crippen LogP contribution < -0.4 is 0 Å². The minimum atomic E-state index is -0.214. The van der Waals surface area contributed by atoms with Crippen LogP contribution in [0.2, 0.25) is 0 Å². The molecule has 8 rings (SSSR count). The number of hydrogen-bond donors (Lipinski definition) is 2. The Morgan fingerprint density at radius 1 is 0.595 bits per heavy atom. The lowest BCUT2D eigenvalue weighted by atomic mass is 9.95. The van der Waals surface area contributed by atoms with Crippen molar-refractivity contribution < 1.29 is 4.39 Å². The van der Waals surface area contributed by atoms with Gasteiger partial charge in [-0.15, -0.1) is 0 Å². The Balaban J connectivity index is 1.32. The molecule has 0 bridgehead atoms. The Bertz CT molecular complexity index is 2330. The molecule has 0 spiro atoms. The quantitative estimate of drug-likeness (QED) is 0.231. The minimum Gasteiger partial charge on any atom is -0.360 e. The van der Waals surface area contributed by atoms with E-state index in [1.807, 2.05) is 24.4 Å². The van der Waals surface area contributed by atoms with E-state index in [0.29, 0.717) is 12.0 Å². The van der Waals surface area contributed by atoms with Crippen LogP contribution in [0.15, 0.2) is 103 Å². The van der Waals surface area contributed by atoms with Gasteiger partial charge in [0.25, 0.3) is 0 Å². The van der Waals surface area contributed by atoms with Gasteiger partial charge in [0, 0.05) is 56.1 Å². The average molecular weight is 547 g/mol. The normalized spacial score (nSPS) is 11.8. The number of pyridine rings is 2. The van der Waals surface area contributed by atoms with Gasteiger partial charge in [0.1, 0.15) is 5.82 Å². The van der Waals surface area contributed by atoms with Crippen LogP contribution in [0.1, 0.15) is 22.3 Å². The highest BCUT2D eigenvalue weighted by molar-refractivity contribution is 5.99. The van der Waals surface area contributed by atoms with E-state index in [-0.39, 0.29) is 5.82 Å². The Morgan fingerprint density at radius 3 is 1.79 bits per heavy atom. The zero-order valence-electron chi connectivity index (χ0n) is 23.3. The van der Waals surface area contributed by atoms with Crippen LogP contribution in [0, 0.1) is 19.7 Å². The van der Waals surface area contributed by atoms with Gasteiger partial charge in [-0.05, 0) is 73.4 Å². The highest BCUT2D eigenvalue weighted by Crippen LogP contribution is 2.36. The van der Waals surface area contributed by atoms with E-state index in [4.69, 9.17) is 9.97 Å². The molecule has 0 saturated carbocycles. The Morgan fingerprint density at radius 2 is 1.14 bits per heavy atom. The number of para-hydroxylation sites is 3. The van der Waals surface area contributed by atoms with Gasteiger partial charge in [0.2, 0.25) is 0 Å². The van der Waals surface area contributed by atoms with Gasteiger partial charge in [-0.3, -0.25) is 0 Å². The first-order valence-electron chi connectivity index (χ1n) is 14.2. The van der Waals surface area contributed by atoms with Crippen LogP contribution in [0.25, 0.3) is 66.1 Å². The van der Waals surface area contributed by atoms with Crippen LogP contribution >= 0.6 is 0 Å². The number of nitrogens with one attached hydrogen (secondary N) is 2. The second kappa shape index (κ2) is 9.38. The second-order valence-electron chi connectivity index (χ2n) is 11.0. The lowest BCUT2D eigenvalue weighted by Gasteiger charge is -2.13. The van der Waals surface area contributed by atoms with Crippen molar-refractivity contribution in [3.05, 3.63) is 131 Å². The molecule has 0 saturated heterocycles. The average Bonchev–Trinajstić information content (AvgIpc) is 3.65. The molecule has 0 unspecified atom stereocenters. The number of aromatic nitrogens is 4. The first kappa shape index (κ1) is 24.5. The lowest BCUT2D eigenvalue weighted by Crippen LogP contribution is -1.97. The molecule has 8 aromatic rings. The fraction of sp³-hybridized carbons (Fsp3) is 0.0811. The van der Waals surface area contributed by atoms with E-state index in [9.17, 15) is 4.39 Å². The molecule has 0 aliphatic carbocycles. The highest BCUT2D eigenvalue weighted by Gasteiger charge is 2.17. The molecule has 5 heteroatoms. The Hall–Kier alpha value is -5.29. The molecule has 4 aromatic carbocycles. The summed E-state index contributed by atoms with van der Waals surface area (Å²) in [6.45, 7) is 3.93. The zero-order chi connectivity index (χ0) is 28.4. The van der Waals surface area contributed by atoms with Gasteiger partial charge in [-0.1, -0.05) is 54.6 Å². The number of H-pyrrole nitrogens is 2. The summed E-state index contributed by atoms with van der Waals surface area (Å²) in [5.41, 5.74) is 12.0. The van der Waals surface area contributed by atoms with E-state index in [1.54, 1.807) is 6.92 Å². The van der Waals surface area contributed by atoms with Crippen molar-refractivity contribution >= 4 is 43.6 Å². The van der Waals surface area contributed by atoms with Gasteiger partial charge >= 0.3 is 0 Å². The summed E-state index contributed by atoms with van der Waals surface area (Å²) in [6, 6.07) is 30.8. The maximum Gasteiger partial charge on any atom is 0.128 e. The van der Waals surface area contributed by atoms with Crippen LogP contribution in [0.3, 0.4) is 0 Å². The first-order chi connectivity index (χ1) is 20.5. The number of hydrogen-bond acceptors (Lipinski definition) is 2. The van der Waals surface area contributed by atoms with Crippen LogP contribution in [0.4, 0.5) is 4.39 Å². The Kier molecular flexibility index (Phi) is 5.47. The molecular weight excluding hydrogens is 519 g/mol. The van der Waals surface area contributed by atoms with E-state index in [1.165, 1.54) is 28.1 Å². The molecule has 4 nitrogen and oxygen atoms in total. The molecule has 0 aliphatic rings. The molecule has 2 N–H and O–H groups in total. The SMILES string of the molecule is Cc1cccc2c(-c3cc(Cc4cc(-c5c[nH]c6c(C)c(F)ccc56)nc5ccccc45)c4ccccc4n3)c[nH]c12. The molecule has 0 fully saturated rings. The van der Waals surface area contributed by atoms with Gasteiger partial charge in [0.05, 0.1) is 27.9 Å². The monoisotopic (exact) mass is 546 g/mol. The van der Waals surface area contributed by atoms with Crippen LogP contribution in [-0.2, 0) is 6.42 Å². The van der Waals surface area contributed by atoms with Crippen molar-refractivity contribution in [2.75, 3.05) is 0 Å². The maximum atomic E-state index is 14.3. The predicted octanol–water partition coefficient (Wildman–Crippen LogP) is 9.43. The third-order valence-corrected chi connectivity index (χ3v) is 8.51. The number of nitrogens with zero attached hydrogens (tertiary/aromatic N) is 2. The highest BCUT2D eigenvalue weighted by atomic mass is 19.1. The van der Waals surface area contributed by atoms with Crippen molar-refractivity contribution in [1.82, 2.24) is 19.9 Å². The van der Waals surface area contributed by atoms with Gasteiger partial charge in [-0.25, -0.2) is 14.4 Å². The number of benzene rings is 4. The van der Waals surface area contributed by atoms with Crippen molar-refractivity contribution in [3.8, 4) is 22.5 Å². The zero-order valence-corrected chi connectivity index (χ0v) is 23.3.